The van der Waals surface area contributed by atoms with Crippen LogP contribution in [0.5, 0.6) is 0 Å². The minimum absolute atomic E-state index is 0.0692. The SMILES string of the molecule is CC(C)(C)CP(C(C)(C)C)C(C)(C)C. The van der Waals surface area contributed by atoms with Gasteiger partial charge >= 0.3 is 0 Å². The van der Waals surface area contributed by atoms with Crippen molar-refractivity contribution in [2.75, 3.05) is 6.16 Å². The van der Waals surface area contributed by atoms with Gasteiger partial charge in [0.25, 0.3) is 0 Å². The van der Waals surface area contributed by atoms with Crippen LogP contribution in [0.3, 0.4) is 0 Å². The summed E-state index contributed by atoms with van der Waals surface area (Å²) in [5, 5.41) is 0.946. The van der Waals surface area contributed by atoms with E-state index in [0.717, 1.165) is 0 Å². The Morgan fingerprint density at radius 1 is 0.643 bits per heavy atom. The maximum atomic E-state index is 2.40. The molecule has 1 heteroatoms. The lowest BCUT2D eigenvalue weighted by molar-refractivity contribution is 0.468. The van der Waals surface area contributed by atoms with Gasteiger partial charge in [-0.25, -0.2) is 0 Å². The van der Waals surface area contributed by atoms with Gasteiger partial charge in [0.05, 0.1) is 0 Å². The van der Waals surface area contributed by atoms with Gasteiger partial charge in [0.2, 0.25) is 0 Å². The van der Waals surface area contributed by atoms with Crippen molar-refractivity contribution in [3.8, 4) is 0 Å². The van der Waals surface area contributed by atoms with Crippen molar-refractivity contribution >= 4 is 7.92 Å². The van der Waals surface area contributed by atoms with Crippen LogP contribution in [0.4, 0.5) is 0 Å². The lowest BCUT2D eigenvalue weighted by Crippen LogP contribution is -2.30. The second kappa shape index (κ2) is 4.12. The molecule has 0 heterocycles. The Morgan fingerprint density at radius 3 is 1.00 bits per heavy atom. The Balaban J connectivity index is 4.78. The molecule has 0 atom stereocenters. The first-order chi connectivity index (χ1) is 5.84. The molecule has 0 N–H and O–H groups in total. The van der Waals surface area contributed by atoms with Gasteiger partial charge in [0.1, 0.15) is 0 Å². The third-order valence-corrected chi connectivity index (χ3v) is 6.76. The molecule has 0 unspecified atom stereocenters. The van der Waals surface area contributed by atoms with Gasteiger partial charge in [-0.05, 0) is 21.9 Å². The molecular formula is C13H29P. The summed E-state index contributed by atoms with van der Waals surface area (Å²) in [6.45, 7) is 21.5. The third kappa shape index (κ3) is 5.35. The van der Waals surface area contributed by atoms with Crippen molar-refractivity contribution in [2.24, 2.45) is 5.41 Å². The van der Waals surface area contributed by atoms with Crippen LogP contribution in [0, 0.1) is 5.41 Å². The van der Waals surface area contributed by atoms with E-state index in [0.29, 0.717) is 15.7 Å². The summed E-state index contributed by atoms with van der Waals surface area (Å²) >= 11 is 0. The van der Waals surface area contributed by atoms with E-state index < -0.39 is 0 Å². The standard InChI is InChI=1S/C13H29P/c1-11(2,3)10-14(12(4,5)6)13(7,8)9/h10H2,1-9H3. The quantitative estimate of drug-likeness (QED) is 0.534. The first kappa shape index (κ1) is 14.4. The highest BCUT2D eigenvalue weighted by molar-refractivity contribution is 7.60. The minimum atomic E-state index is 0.0692. The second-order valence-corrected chi connectivity index (χ2v) is 11.3. The zero-order valence-corrected chi connectivity index (χ0v) is 12.5. The van der Waals surface area contributed by atoms with Crippen LogP contribution in [0.2, 0.25) is 0 Å². The Bertz CT molecular complexity index is 159. The third-order valence-electron chi connectivity index (χ3n) is 2.25. The highest BCUT2D eigenvalue weighted by Crippen LogP contribution is 2.61. The fraction of sp³-hybridized carbons (Fsp3) is 1.00. The van der Waals surface area contributed by atoms with E-state index in [1.807, 2.05) is 0 Å². The van der Waals surface area contributed by atoms with Gasteiger partial charge in [0.15, 0.2) is 0 Å². The van der Waals surface area contributed by atoms with E-state index in [1.165, 1.54) is 6.16 Å². The number of hydrogen-bond acceptors (Lipinski definition) is 0. The van der Waals surface area contributed by atoms with E-state index in [2.05, 4.69) is 62.3 Å². The van der Waals surface area contributed by atoms with E-state index in [9.17, 15) is 0 Å². The summed E-state index contributed by atoms with van der Waals surface area (Å²) in [6, 6.07) is 0. The molecule has 0 nitrogen and oxygen atoms in total. The van der Waals surface area contributed by atoms with E-state index in [-0.39, 0.29) is 7.92 Å². The minimum Gasteiger partial charge on any atom is -0.0951 e. The molecule has 14 heavy (non-hydrogen) atoms. The van der Waals surface area contributed by atoms with Crippen LogP contribution >= 0.6 is 7.92 Å². The molecule has 0 bridgehead atoms. The fourth-order valence-electron chi connectivity index (χ4n) is 1.95. The Labute approximate surface area is 92.6 Å². The summed E-state index contributed by atoms with van der Waals surface area (Å²) in [4.78, 5) is 0. The largest absolute Gasteiger partial charge is 0.0951 e. The molecule has 0 spiro atoms. The summed E-state index contributed by atoms with van der Waals surface area (Å²) in [7, 11) is 0.0692. The zero-order chi connectivity index (χ0) is 11.8. The maximum absolute atomic E-state index is 2.40. The Morgan fingerprint density at radius 2 is 0.929 bits per heavy atom. The van der Waals surface area contributed by atoms with E-state index in [4.69, 9.17) is 0 Å². The number of hydrogen-bond donors (Lipinski definition) is 0. The summed E-state index contributed by atoms with van der Waals surface area (Å²) in [6.07, 6.45) is 1.37. The number of rotatable bonds is 1. The first-order valence-corrected chi connectivity index (χ1v) is 7.14. The van der Waals surface area contributed by atoms with Crippen LogP contribution in [0.25, 0.3) is 0 Å². The zero-order valence-electron chi connectivity index (χ0n) is 11.7. The molecule has 0 saturated carbocycles. The smallest absolute Gasteiger partial charge is 0.0174 e. The molecular weight excluding hydrogens is 187 g/mol. The normalized spacial score (nSPS) is 15.0. The van der Waals surface area contributed by atoms with E-state index >= 15 is 0 Å². The topological polar surface area (TPSA) is 0 Å². The Kier molecular flexibility index (Phi) is 4.25. The lowest BCUT2D eigenvalue weighted by atomic mass is 10.0. The van der Waals surface area contributed by atoms with Crippen LogP contribution in [-0.2, 0) is 0 Å². The van der Waals surface area contributed by atoms with E-state index in [1.54, 1.807) is 0 Å². The van der Waals surface area contributed by atoms with Crippen molar-refractivity contribution in [3.05, 3.63) is 0 Å². The molecule has 0 radical (unpaired) electrons. The lowest BCUT2D eigenvalue weighted by Gasteiger charge is -2.44. The van der Waals surface area contributed by atoms with Crippen molar-refractivity contribution in [1.82, 2.24) is 0 Å². The van der Waals surface area contributed by atoms with Crippen molar-refractivity contribution in [2.45, 2.75) is 72.6 Å². The fourth-order valence-corrected chi connectivity index (χ4v) is 5.86. The van der Waals surface area contributed by atoms with Crippen molar-refractivity contribution in [1.29, 1.82) is 0 Å². The second-order valence-electron chi connectivity index (χ2n) is 7.49. The monoisotopic (exact) mass is 216 g/mol. The van der Waals surface area contributed by atoms with Crippen molar-refractivity contribution in [3.63, 3.8) is 0 Å². The van der Waals surface area contributed by atoms with Crippen molar-refractivity contribution < 1.29 is 0 Å². The molecule has 0 saturated heterocycles. The summed E-state index contributed by atoms with van der Waals surface area (Å²) < 4.78 is 0. The molecule has 0 aromatic rings. The van der Waals surface area contributed by atoms with Gasteiger partial charge < -0.3 is 0 Å². The average Bonchev–Trinajstić information content (AvgIpc) is 1.75. The highest BCUT2D eigenvalue weighted by Gasteiger charge is 2.36. The molecule has 0 aliphatic rings. The van der Waals surface area contributed by atoms with Crippen LogP contribution in [-0.4, -0.2) is 16.5 Å². The predicted octanol–water partition coefficient (Wildman–Crippen LogP) is 5.11. The average molecular weight is 216 g/mol. The molecule has 0 aliphatic heterocycles. The Hall–Kier alpha value is 0.430. The van der Waals surface area contributed by atoms with Gasteiger partial charge in [-0.2, -0.15) is 0 Å². The van der Waals surface area contributed by atoms with Gasteiger partial charge in [-0.15, -0.1) is 0 Å². The molecule has 0 aromatic carbocycles. The molecule has 0 aliphatic carbocycles. The van der Waals surface area contributed by atoms with Gasteiger partial charge in [-0.1, -0.05) is 70.2 Å². The van der Waals surface area contributed by atoms with Gasteiger partial charge in [0, 0.05) is 0 Å². The van der Waals surface area contributed by atoms with Gasteiger partial charge in [-0.3, -0.25) is 0 Å². The van der Waals surface area contributed by atoms with Crippen LogP contribution in [0.15, 0.2) is 0 Å². The summed E-state index contributed by atoms with van der Waals surface area (Å²) in [5.74, 6) is 0. The van der Waals surface area contributed by atoms with Crippen LogP contribution < -0.4 is 0 Å². The molecule has 0 amide bonds. The highest BCUT2D eigenvalue weighted by atomic mass is 31.1. The molecule has 0 fully saturated rings. The molecule has 0 rings (SSSR count). The predicted molar refractivity (Wildman–Crippen MR) is 70.7 cm³/mol. The van der Waals surface area contributed by atoms with Crippen LogP contribution in [0.1, 0.15) is 62.3 Å². The molecule has 0 aromatic heterocycles. The maximum Gasteiger partial charge on any atom is -0.0174 e. The first-order valence-electron chi connectivity index (χ1n) is 5.62. The summed E-state index contributed by atoms with van der Waals surface area (Å²) in [5.41, 5.74) is 0.465. The molecule has 86 valence electrons.